The highest BCUT2D eigenvalue weighted by Crippen LogP contribution is 2.38. The van der Waals surface area contributed by atoms with E-state index in [0.29, 0.717) is 6.04 Å². The van der Waals surface area contributed by atoms with Gasteiger partial charge in [0.1, 0.15) is 11.5 Å². The Morgan fingerprint density at radius 3 is 2.62 bits per heavy atom. The minimum Gasteiger partial charge on any atom is -0.497 e. The molecule has 0 N–H and O–H groups in total. The first-order chi connectivity index (χ1) is 12.8. The molecule has 136 valence electrons. The first-order valence-electron chi connectivity index (χ1n) is 9.09. The number of fused-ring (bicyclic) bond motifs is 2. The van der Waals surface area contributed by atoms with Crippen LogP contribution < -0.4 is 9.47 Å². The third-order valence-corrected chi connectivity index (χ3v) is 5.30. The van der Waals surface area contributed by atoms with Crippen LogP contribution in [0.1, 0.15) is 17.5 Å². The summed E-state index contributed by atoms with van der Waals surface area (Å²) in [5.41, 5.74) is 3.80. The molecule has 1 saturated heterocycles. The number of methoxy groups -OCH3 is 2. The largest absolute Gasteiger partial charge is 0.497 e. The molecule has 26 heavy (non-hydrogen) atoms. The molecule has 2 aliphatic rings. The summed E-state index contributed by atoms with van der Waals surface area (Å²) in [6.45, 7) is 2.46. The van der Waals surface area contributed by atoms with Crippen molar-refractivity contribution in [2.45, 2.75) is 25.0 Å². The molecule has 2 heterocycles. The summed E-state index contributed by atoms with van der Waals surface area (Å²) in [5, 5.41) is 0. The van der Waals surface area contributed by atoms with Crippen molar-refractivity contribution in [1.82, 2.24) is 4.90 Å². The minimum absolute atomic E-state index is 0.286. The first kappa shape index (κ1) is 17.1. The Morgan fingerprint density at radius 2 is 1.88 bits per heavy atom. The summed E-state index contributed by atoms with van der Waals surface area (Å²) in [6.07, 6.45) is 3.29. The number of ether oxygens (including phenoxy) is 3. The van der Waals surface area contributed by atoms with Crippen molar-refractivity contribution in [2.24, 2.45) is 0 Å². The average Bonchev–Trinajstić information content (AvgIpc) is 2.68. The predicted molar refractivity (Wildman–Crippen MR) is 103 cm³/mol. The molecule has 2 aliphatic heterocycles. The molecule has 1 fully saturated rings. The van der Waals surface area contributed by atoms with Gasteiger partial charge in [0.15, 0.2) is 0 Å². The summed E-state index contributed by atoms with van der Waals surface area (Å²) < 4.78 is 16.9. The van der Waals surface area contributed by atoms with Gasteiger partial charge in [-0.05, 0) is 35.8 Å². The third-order valence-electron chi connectivity index (χ3n) is 5.30. The second kappa shape index (κ2) is 7.52. The van der Waals surface area contributed by atoms with E-state index in [1.165, 1.54) is 11.1 Å². The number of rotatable bonds is 5. The molecule has 0 aliphatic carbocycles. The zero-order valence-electron chi connectivity index (χ0n) is 15.4. The van der Waals surface area contributed by atoms with Crippen molar-refractivity contribution in [1.29, 1.82) is 0 Å². The van der Waals surface area contributed by atoms with Gasteiger partial charge in [0, 0.05) is 18.2 Å². The molecule has 4 rings (SSSR count). The molecule has 2 aromatic rings. The SMILES string of the molecule is COc1ccc(OC)c(C2=CC3COCC(C2)N3Cc2ccccc2)c1. The van der Waals surface area contributed by atoms with Gasteiger partial charge >= 0.3 is 0 Å². The zero-order valence-corrected chi connectivity index (χ0v) is 15.4. The lowest BCUT2D eigenvalue weighted by Crippen LogP contribution is -2.53. The van der Waals surface area contributed by atoms with Crippen molar-refractivity contribution in [3.8, 4) is 11.5 Å². The van der Waals surface area contributed by atoms with E-state index in [1.54, 1.807) is 14.2 Å². The molecule has 0 amide bonds. The minimum atomic E-state index is 0.286. The number of hydrogen-bond acceptors (Lipinski definition) is 4. The monoisotopic (exact) mass is 351 g/mol. The maximum atomic E-state index is 5.85. The molecule has 0 spiro atoms. The second-order valence-corrected chi connectivity index (χ2v) is 6.88. The van der Waals surface area contributed by atoms with E-state index in [1.807, 2.05) is 12.1 Å². The molecule has 0 saturated carbocycles. The Morgan fingerprint density at radius 1 is 1.04 bits per heavy atom. The van der Waals surface area contributed by atoms with Gasteiger partial charge in [-0.2, -0.15) is 0 Å². The second-order valence-electron chi connectivity index (χ2n) is 6.88. The van der Waals surface area contributed by atoms with E-state index in [0.717, 1.165) is 43.2 Å². The van der Waals surface area contributed by atoms with Crippen LogP contribution in [-0.4, -0.2) is 44.4 Å². The van der Waals surface area contributed by atoms with Gasteiger partial charge in [-0.15, -0.1) is 0 Å². The molecule has 0 aromatic heterocycles. The van der Waals surface area contributed by atoms with Crippen LogP contribution in [0.25, 0.3) is 5.57 Å². The fraction of sp³-hybridized carbons (Fsp3) is 0.364. The van der Waals surface area contributed by atoms with Gasteiger partial charge in [-0.1, -0.05) is 36.4 Å². The molecular formula is C22H25NO3. The van der Waals surface area contributed by atoms with E-state index in [4.69, 9.17) is 14.2 Å². The van der Waals surface area contributed by atoms with Crippen LogP contribution >= 0.6 is 0 Å². The molecule has 4 heteroatoms. The summed E-state index contributed by atoms with van der Waals surface area (Å²) in [4.78, 5) is 2.56. The van der Waals surface area contributed by atoms with Gasteiger partial charge < -0.3 is 14.2 Å². The van der Waals surface area contributed by atoms with Crippen molar-refractivity contribution in [3.05, 3.63) is 65.7 Å². The lowest BCUT2D eigenvalue weighted by atomic mass is 9.89. The fourth-order valence-corrected chi connectivity index (χ4v) is 3.97. The Hall–Kier alpha value is -2.30. The molecule has 2 atom stereocenters. The summed E-state index contributed by atoms with van der Waals surface area (Å²) in [7, 11) is 3.42. The van der Waals surface area contributed by atoms with Crippen LogP contribution in [0.3, 0.4) is 0 Å². The summed E-state index contributed by atoms with van der Waals surface area (Å²) in [5.74, 6) is 1.75. The lowest BCUT2D eigenvalue weighted by molar-refractivity contribution is -0.0403. The first-order valence-corrected chi connectivity index (χ1v) is 9.09. The number of nitrogens with zero attached hydrogens (tertiary/aromatic N) is 1. The van der Waals surface area contributed by atoms with E-state index >= 15 is 0 Å². The summed E-state index contributed by atoms with van der Waals surface area (Å²) in [6, 6.07) is 17.3. The zero-order chi connectivity index (χ0) is 17.9. The van der Waals surface area contributed by atoms with E-state index in [9.17, 15) is 0 Å². The molecule has 2 bridgehead atoms. The van der Waals surface area contributed by atoms with Crippen molar-refractivity contribution < 1.29 is 14.2 Å². The number of benzene rings is 2. The maximum absolute atomic E-state index is 5.85. The maximum Gasteiger partial charge on any atom is 0.126 e. The Labute approximate surface area is 155 Å². The van der Waals surface area contributed by atoms with Crippen molar-refractivity contribution >= 4 is 5.57 Å². The molecule has 2 aromatic carbocycles. The average molecular weight is 351 g/mol. The molecular weight excluding hydrogens is 326 g/mol. The Kier molecular flexibility index (Phi) is 4.96. The third kappa shape index (κ3) is 3.35. The van der Waals surface area contributed by atoms with Gasteiger partial charge in [0.2, 0.25) is 0 Å². The van der Waals surface area contributed by atoms with Gasteiger partial charge in [-0.3, -0.25) is 4.90 Å². The van der Waals surface area contributed by atoms with E-state index in [2.05, 4.69) is 47.4 Å². The van der Waals surface area contributed by atoms with Gasteiger partial charge in [0.05, 0.1) is 33.5 Å². The topological polar surface area (TPSA) is 30.9 Å². The smallest absolute Gasteiger partial charge is 0.126 e. The van der Waals surface area contributed by atoms with Crippen LogP contribution in [0.2, 0.25) is 0 Å². The highest BCUT2D eigenvalue weighted by atomic mass is 16.5. The van der Waals surface area contributed by atoms with Crippen molar-refractivity contribution in [2.75, 3.05) is 27.4 Å². The van der Waals surface area contributed by atoms with Crippen LogP contribution in [-0.2, 0) is 11.3 Å². The number of hydrogen-bond donors (Lipinski definition) is 0. The fourth-order valence-electron chi connectivity index (χ4n) is 3.97. The molecule has 2 unspecified atom stereocenters. The molecule has 0 radical (unpaired) electrons. The Balaban J connectivity index is 1.64. The number of morpholine rings is 1. The lowest BCUT2D eigenvalue weighted by Gasteiger charge is -2.45. The van der Waals surface area contributed by atoms with Gasteiger partial charge in [-0.25, -0.2) is 0 Å². The van der Waals surface area contributed by atoms with Crippen LogP contribution in [0.15, 0.2) is 54.6 Å². The predicted octanol–water partition coefficient (Wildman–Crippen LogP) is 3.76. The standard InChI is InChI=1S/C22H25NO3/c1-24-20-8-9-22(25-2)21(12-20)17-10-18-14-26-15-19(11-17)23(18)13-16-6-4-3-5-7-16/h3-10,12,18-19H,11,13-15H2,1-2H3. The Bertz CT molecular complexity index is 787. The van der Waals surface area contributed by atoms with Crippen molar-refractivity contribution in [3.63, 3.8) is 0 Å². The molecule has 4 nitrogen and oxygen atoms in total. The van der Waals surface area contributed by atoms with Crippen LogP contribution in [0, 0.1) is 0 Å². The van der Waals surface area contributed by atoms with Gasteiger partial charge in [0.25, 0.3) is 0 Å². The highest BCUT2D eigenvalue weighted by Gasteiger charge is 2.35. The van der Waals surface area contributed by atoms with Crippen LogP contribution in [0.4, 0.5) is 0 Å². The highest BCUT2D eigenvalue weighted by molar-refractivity contribution is 5.73. The van der Waals surface area contributed by atoms with Crippen LogP contribution in [0.5, 0.6) is 11.5 Å². The normalized spacial score (nSPS) is 22.6. The quantitative estimate of drug-likeness (QED) is 0.821. The summed E-state index contributed by atoms with van der Waals surface area (Å²) >= 11 is 0. The van der Waals surface area contributed by atoms with E-state index in [-0.39, 0.29) is 6.04 Å². The van der Waals surface area contributed by atoms with E-state index < -0.39 is 0 Å².